The summed E-state index contributed by atoms with van der Waals surface area (Å²) in [5, 5.41) is 9.90. The molecule has 1 N–H and O–H groups in total. The van der Waals surface area contributed by atoms with Gasteiger partial charge in [-0.3, -0.25) is 9.80 Å². The molecule has 3 fully saturated rings. The van der Waals surface area contributed by atoms with Gasteiger partial charge in [-0.15, -0.1) is 0 Å². The van der Waals surface area contributed by atoms with Crippen LogP contribution in [0.2, 0.25) is 0 Å². The summed E-state index contributed by atoms with van der Waals surface area (Å²) in [6.07, 6.45) is 7.82. The van der Waals surface area contributed by atoms with E-state index in [1.54, 1.807) is 0 Å². The van der Waals surface area contributed by atoms with E-state index in [9.17, 15) is 4.79 Å². The molecule has 1 aromatic carbocycles. The van der Waals surface area contributed by atoms with Gasteiger partial charge >= 0.3 is 0 Å². The second-order valence-electron chi connectivity index (χ2n) is 8.49. The van der Waals surface area contributed by atoms with Crippen molar-refractivity contribution in [2.75, 3.05) is 11.6 Å². The third-order valence-electron chi connectivity index (χ3n) is 7.15. The highest BCUT2D eigenvalue weighted by Gasteiger charge is 2.54. The van der Waals surface area contributed by atoms with Crippen molar-refractivity contribution in [1.82, 2.24) is 5.32 Å². The predicted octanol–water partition coefficient (Wildman–Crippen LogP) is 3.83. The van der Waals surface area contributed by atoms with E-state index in [0.29, 0.717) is 6.04 Å². The number of hydrazone groups is 1. The lowest BCUT2D eigenvalue weighted by atomic mass is 9.79. The van der Waals surface area contributed by atoms with Gasteiger partial charge in [-0.05, 0) is 80.5 Å². The van der Waals surface area contributed by atoms with Crippen molar-refractivity contribution in [2.24, 2.45) is 28.8 Å². The number of amides is 1. The summed E-state index contributed by atoms with van der Waals surface area (Å²) in [7, 11) is 0. The molecule has 1 aromatic rings. The Labute approximate surface area is 149 Å². The van der Waals surface area contributed by atoms with Gasteiger partial charge in [-0.1, -0.05) is 6.42 Å². The smallest absolute Gasteiger partial charge is 0.251 e. The summed E-state index contributed by atoms with van der Waals surface area (Å²) >= 11 is 0. The van der Waals surface area contributed by atoms with Gasteiger partial charge < -0.3 is 5.32 Å². The van der Waals surface area contributed by atoms with Crippen LogP contribution in [0.4, 0.5) is 5.69 Å². The number of anilines is 1. The SMILES string of the molecule is CC1=NN(c2ccc(C(=O)N[C@@H]3C[C@H]4C[C@H]3[C@H]3CCC[C@H]43)cc2)CC1. The number of carbonyl (C=O) groups excluding carboxylic acids is 1. The molecule has 1 amide bonds. The van der Waals surface area contributed by atoms with E-state index < -0.39 is 0 Å². The molecule has 25 heavy (non-hydrogen) atoms. The fourth-order valence-corrected chi connectivity index (χ4v) is 6.03. The number of hydrogen-bond donors (Lipinski definition) is 1. The van der Waals surface area contributed by atoms with Crippen molar-refractivity contribution < 1.29 is 4.79 Å². The molecule has 4 heteroatoms. The van der Waals surface area contributed by atoms with Crippen molar-refractivity contribution in [1.29, 1.82) is 0 Å². The summed E-state index contributed by atoms with van der Waals surface area (Å²) in [6, 6.07) is 8.33. The van der Waals surface area contributed by atoms with Crippen LogP contribution in [-0.2, 0) is 0 Å². The minimum absolute atomic E-state index is 0.0970. The van der Waals surface area contributed by atoms with Crippen LogP contribution >= 0.6 is 0 Å². The Morgan fingerprint density at radius 1 is 1.12 bits per heavy atom. The molecule has 0 aromatic heterocycles. The van der Waals surface area contributed by atoms with E-state index >= 15 is 0 Å². The summed E-state index contributed by atoms with van der Waals surface area (Å²) in [5.74, 6) is 3.58. The highest BCUT2D eigenvalue weighted by atomic mass is 16.1. The van der Waals surface area contributed by atoms with Crippen LogP contribution < -0.4 is 10.3 Å². The van der Waals surface area contributed by atoms with Gasteiger partial charge in [0.25, 0.3) is 5.91 Å². The second-order valence-corrected chi connectivity index (χ2v) is 8.49. The monoisotopic (exact) mass is 337 g/mol. The number of nitrogens with one attached hydrogen (secondary N) is 1. The van der Waals surface area contributed by atoms with Gasteiger partial charge in [0.2, 0.25) is 0 Å². The molecular formula is C21H27N3O. The van der Waals surface area contributed by atoms with Crippen molar-refractivity contribution >= 4 is 17.3 Å². The maximum atomic E-state index is 12.7. The number of nitrogens with zero attached hydrogens (tertiary/aromatic N) is 2. The van der Waals surface area contributed by atoms with Crippen LogP contribution in [0, 0.1) is 23.7 Å². The molecule has 4 nitrogen and oxygen atoms in total. The first-order valence-electron chi connectivity index (χ1n) is 9.91. The molecule has 3 aliphatic carbocycles. The molecule has 0 spiro atoms. The first kappa shape index (κ1) is 15.4. The van der Waals surface area contributed by atoms with Crippen LogP contribution in [0.15, 0.2) is 29.4 Å². The van der Waals surface area contributed by atoms with Crippen LogP contribution in [-0.4, -0.2) is 24.2 Å². The molecule has 5 atom stereocenters. The van der Waals surface area contributed by atoms with E-state index in [0.717, 1.165) is 47.9 Å². The maximum absolute atomic E-state index is 12.7. The van der Waals surface area contributed by atoms with Crippen LogP contribution in [0.25, 0.3) is 0 Å². The molecule has 0 saturated heterocycles. The molecular weight excluding hydrogens is 310 g/mol. The Hall–Kier alpha value is -1.84. The Kier molecular flexibility index (Phi) is 3.61. The second kappa shape index (κ2) is 5.86. The average molecular weight is 337 g/mol. The summed E-state index contributed by atoms with van der Waals surface area (Å²) in [5.41, 5.74) is 3.01. The zero-order valence-corrected chi connectivity index (χ0v) is 14.9. The van der Waals surface area contributed by atoms with E-state index in [1.807, 2.05) is 29.3 Å². The fraction of sp³-hybridized carbons (Fsp3) is 0.619. The Bertz CT molecular complexity index is 710. The third kappa shape index (κ3) is 2.57. The molecule has 0 unspecified atom stereocenters. The lowest BCUT2D eigenvalue weighted by Crippen LogP contribution is -2.42. The van der Waals surface area contributed by atoms with E-state index in [2.05, 4.69) is 17.3 Å². The van der Waals surface area contributed by atoms with Crippen molar-refractivity contribution in [3.8, 4) is 0 Å². The third-order valence-corrected chi connectivity index (χ3v) is 7.15. The first-order chi connectivity index (χ1) is 12.2. The van der Waals surface area contributed by atoms with Crippen molar-refractivity contribution in [2.45, 2.75) is 51.5 Å². The highest BCUT2D eigenvalue weighted by Crippen LogP contribution is 2.58. The fourth-order valence-electron chi connectivity index (χ4n) is 6.03. The average Bonchev–Trinajstić information content (AvgIpc) is 3.36. The Morgan fingerprint density at radius 3 is 2.68 bits per heavy atom. The molecule has 3 saturated carbocycles. The standard InChI is InChI=1S/C21H27N3O/c1-13-9-10-24(23-13)16-7-5-14(6-8-16)21(25)22-20-12-15-11-19(20)18-4-2-3-17(15)18/h5-8,15,17-20H,2-4,9-12H2,1H3,(H,22,25)/t15-,17-,18+,19+,20-/m1/s1. The van der Waals surface area contributed by atoms with Gasteiger partial charge in [-0.25, -0.2) is 0 Å². The van der Waals surface area contributed by atoms with E-state index in [1.165, 1.54) is 37.8 Å². The molecule has 4 aliphatic rings. The highest BCUT2D eigenvalue weighted by molar-refractivity contribution is 5.95. The largest absolute Gasteiger partial charge is 0.349 e. The predicted molar refractivity (Wildman–Crippen MR) is 99.8 cm³/mol. The molecule has 1 heterocycles. The molecule has 132 valence electrons. The molecule has 5 rings (SSSR count). The molecule has 1 aliphatic heterocycles. The van der Waals surface area contributed by atoms with Gasteiger partial charge in [0, 0.05) is 30.3 Å². The summed E-state index contributed by atoms with van der Waals surface area (Å²) in [4.78, 5) is 12.7. The van der Waals surface area contributed by atoms with Gasteiger partial charge in [0.15, 0.2) is 0 Å². The Morgan fingerprint density at radius 2 is 1.92 bits per heavy atom. The number of benzene rings is 1. The number of rotatable bonds is 3. The zero-order valence-electron chi connectivity index (χ0n) is 14.9. The summed E-state index contributed by atoms with van der Waals surface area (Å²) in [6.45, 7) is 3.00. The van der Waals surface area contributed by atoms with Gasteiger partial charge in [0.05, 0.1) is 5.69 Å². The van der Waals surface area contributed by atoms with Crippen LogP contribution in [0.5, 0.6) is 0 Å². The van der Waals surface area contributed by atoms with E-state index in [4.69, 9.17) is 0 Å². The molecule has 0 radical (unpaired) electrons. The lowest BCUT2D eigenvalue weighted by molar-refractivity contribution is 0.0901. The van der Waals surface area contributed by atoms with Crippen molar-refractivity contribution in [3.05, 3.63) is 29.8 Å². The zero-order chi connectivity index (χ0) is 17.0. The van der Waals surface area contributed by atoms with E-state index in [-0.39, 0.29) is 5.91 Å². The first-order valence-corrected chi connectivity index (χ1v) is 9.91. The minimum atomic E-state index is 0.0970. The maximum Gasteiger partial charge on any atom is 0.251 e. The van der Waals surface area contributed by atoms with Gasteiger partial charge in [0.1, 0.15) is 0 Å². The molecule has 2 bridgehead atoms. The minimum Gasteiger partial charge on any atom is -0.349 e. The number of hydrogen-bond acceptors (Lipinski definition) is 3. The number of fused-ring (bicyclic) bond motifs is 5. The van der Waals surface area contributed by atoms with Gasteiger partial charge in [-0.2, -0.15) is 5.10 Å². The van der Waals surface area contributed by atoms with Crippen LogP contribution in [0.3, 0.4) is 0 Å². The number of carbonyl (C=O) groups is 1. The summed E-state index contributed by atoms with van der Waals surface area (Å²) < 4.78 is 0. The van der Waals surface area contributed by atoms with Crippen LogP contribution in [0.1, 0.15) is 55.8 Å². The Balaban J connectivity index is 1.25. The normalized spacial score (nSPS) is 35.8. The topological polar surface area (TPSA) is 44.7 Å². The quantitative estimate of drug-likeness (QED) is 0.911. The lowest BCUT2D eigenvalue weighted by Gasteiger charge is -2.32. The van der Waals surface area contributed by atoms with Crippen molar-refractivity contribution in [3.63, 3.8) is 0 Å².